The average Bonchev–Trinajstić information content (AvgIpc) is 3.73. The number of hydrazine groups is 1. The molecule has 0 bridgehead atoms. The third-order valence-corrected chi connectivity index (χ3v) is 7.90. The van der Waals surface area contributed by atoms with Crippen molar-refractivity contribution in [2.45, 2.75) is 57.9 Å². The van der Waals surface area contributed by atoms with Gasteiger partial charge in [0.2, 0.25) is 5.91 Å². The van der Waals surface area contributed by atoms with E-state index in [9.17, 15) is 9.59 Å². The van der Waals surface area contributed by atoms with Gasteiger partial charge in [0.25, 0.3) is 5.91 Å². The van der Waals surface area contributed by atoms with Crippen LogP contribution in [0, 0.1) is 18.8 Å². The number of fused-ring (bicyclic) bond motifs is 1. The average molecular weight is 500 g/mol. The van der Waals surface area contributed by atoms with E-state index in [1.54, 1.807) is 17.5 Å². The molecule has 9 nitrogen and oxygen atoms in total. The van der Waals surface area contributed by atoms with Gasteiger partial charge < -0.3 is 16.0 Å². The van der Waals surface area contributed by atoms with Gasteiger partial charge in [-0.1, -0.05) is 0 Å². The van der Waals surface area contributed by atoms with Gasteiger partial charge in [-0.05, 0) is 81.6 Å². The largest absolute Gasteiger partial charge is 0.358 e. The zero-order chi connectivity index (χ0) is 23.7. The van der Waals surface area contributed by atoms with E-state index in [0.29, 0.717) is 34.6 Å². The van der Waals surface area contributed by atoms with E-state index in [-0.39, 0.29) is 23.8 Å². The number of carbonyl (C=O) groups is 2. The predicted octanol–water partition coefficient (Wildman–Crippen LogP) is 2.68. The summed E-state index contributed by atoms with van der Waals surface area (Å²) in [6.45, 7) is 2.56. The van der Waals surface area contributed by atoms with Gasteiger partial charge in [-0.25, -0.2) is 0 Å². The van der Waals surface area contributed by atoms with E-state index in [4.69, 9.17) is 12.2 Å². The maximum atomic E-state index is 13.2. The molecule has 34 heavy (non-hydrogen) atoms. The van der Waals surface area contributed by atoms with Crippen molar-refractivity contribution in [1.29, 1.82) is 0 Å². The summed E-state index contributed by atoms with van der Waals surface area (Å²) >= 11 is 7.03. The van der Waals surface area contributed by atoms with Crippen LogP contribution in [0.5, 0.6) is 0 Å². The molecule has 0 radical (unpaired) electrons. The van der Waals surface area contributed by atoms with Crippen LogP contribution < -0.4 is 26.8 Å². The molecule has 2 fully saturated rings. The summed E-state index contributed by atoms with van der Waals surface area (Å²) in [6.07, 6.45) is 8.23. The summed E-state index contributed by atoms with van der Waals surface area (Å²) in [5.74, 6) is 0.625. The highest BCUT2D eigenvalue weighted by Crippen LogP contribution is 2.40. The first kappa shape index (κ1) is 23.0. The van der Waals surface area contributed by atoms with Crippen LogP contribution in [-0.2, 0) is 17.6 Å². The Bertz CT molecular complexity index is 1110. The number of thiophene rings is 1. The summed E-state index contributed by atoms with van der Waals surface area (Å²) in [5.41, 5.74) is 9.29. The first-order chi connectivity index (χ1) is 16.5. The van der Waals surface area contributed by atoms with Crippen molar-refractivity contribution in [3.63, 3.8) is 0 Å². The molecule has 1 atom stereocenters. The lowest BCUT2D eigenvalue weighted by molar-refractivity contribution is -0.117. The Kier molecular flexibility index (Phi) is 6.64. The van der Waals surface area contributed by atoms with Crippen LogP contribution in [0.3, 0.4) is 0 Å². The monoisotopic (exact) mass is 499 g/mol. The second-order valence-corrected chi connectivity index (χ2v) is 10.8. The maximum absolute atomic E-state index is 13.2. The van der Waals surface area contributed by atoms with E-state index < -0.39 is 0 Å². The first-order valence-corrected chi connectivity index (χ1v) is 13.0. The molecule has 3 aliphatic carbocycles. The molecule has 2 aromatic rings. The van der Waals surface area contributed by atoms with Crippen LogP contribution >= 0.6 is 23.6 Å². The molecule has 0 unspecified atom stereocenters. The number of hydrogen-bond acceptors (Lipinski definition) is 7. The fourth-order valence-electron chi connectivity index (χ4n) is 4.12. The van der Waals surface area contributed by atoms with E-state index in [1.807, 2.05) is 13.0 Å². The zero-order valence-electron chi connectivity index (χ0n) is 19.1. The van der Waals surface area contributed by atoms with Gasteiger partial charge >= 0.3 is 0 Å². The lowest BCUT2D eigenvalue weighted by atomic mass is 9.91. The molecule has 5 N–H and O–H groups in total. The third-order valence-electron chi connectivity index (χ3n) is 6.47. The number of aryl methyl sites for hydroxylation is 2. The van der Waals surface area contributed by atoms with Gasteiger partial charge in [0, 0.05) is 23.4 Å². The molecule has 5 rings (SSSR count). The van der Waals surface area contributed by atoms with Crippen LogP contribution in [0.2, 0.25) is 0 Å². The highest BCUT2D eigenvalue weighted by atomic mass is 32.1. The zero-order valence-corrected chi connectivity index (χ0v) is 20.7. The molecule has 2 saturated carbocycles. The standard InChI is InChI=1S/C23H29N7O2S2/c1-12-17(8-9-25-28-12)29-30-23(33)26-15-6-7-18-16(10-15)19(21(32)24-11-13-2-3-13)22(34-18)27-20(31)14-4-5-14/h8-9,13-15H,2-7,10-11H2,1H3,(H,24,32)(H,25,29)(H,27,31)(H2,26,30,33)/t15-/m0/s1. The molecule has 0 saturated heterocycles. The number of amides is 2. The Morgan fingerprint density at radius 2 is 2.03 bits per heavy atom. The van der Waals surface area contributed by atoms with Crippen molar-refractivity contribution in [3.8, 4) is 0 Å². The molecule has 0 aromatic carbocycles. The Morgan fingerprint density at radius 3 is 2.76 bits per heavy atom. The van der Waals surface area contributed by atoms with Crippen LogP contribution in [0.15, 0.2) is 12.3 Å². The number of nitrogens with one attached hydrogen (secondary N) is 5. The first-order valence-electron chi connectivity index (χ1n) is 11.8. The Morgan fingerprint density at radius 1 is 1.21 bits per heavy atom. The molecule has 2 amide bonds. The number of hydrogen-bond donors (Lipinski definition) is 5. The molecule has 11 heteroatoms. The van der Waals surface area contributed by atoms with E-state index >= 15 is 0 Å². The van der Waals surface area contributed by atoms with E-state index in [0.717, 1.165) is 42.6 Å². The summed E-state index contributed by atoms with van der Waals surface area (Å²) in [6, 6.07) is 1.91. The van der Waals surface area contributed by atoms with Crippen molar-refractivity contribution < 1.29 is 9.59 Å². The summed E-state index contributed by atoms with van der Waals surface area (Å²) in [7, 11) is 0. The molecule has 3 aliphatic rings. The quantitative estimate of drug-likeness (QED) is 0.278. The van der Waals surface area contributed by atoms with Crippen LogP contribution in [0.4, 0.5) is 10.7 Å². The van der Waals surface area contributed by atoms with Crippen molar-refractivity contribution in [3.05, 3.63) is 34.0 Å². The third kappa shape index (κ3) is 5.47. The molecule has 0 aliphatic heterocycles. The maximum Gasteiger partial charge on any atom is 0.254 e. The number of nitrogens with zero attached hydrogens (tertiary/aromatic N) is 2. The molecule has 180 valence electrons. The predicted molar refractivity (Wildman–Crippen MR) is 136 cm³/mol. The molecule has 2 heterocycles. The summed E-state index contributed by atoms with van der Waals surface area (Å²) < 4.78 is 0. The fraction of sp³-hybridized carbons (Fsp3) is 0.522. The normalized spacial score (nSPS) is 19.0. The Balaban J connectivity index is 1.26. The van der Waals surface area contributed by atoms with E-state index in [1.165, 1.54) is 17.7 Å². The molecular formula is C23H29N7O2S2. The highest BCUT2D eigenvalue weighted by molar-refractivity contribution is 7.80. The smallest absolute Gasteiger partial charge is 0.254 e. The van der Waals surface area contributed by atoms with Crippen molar-refractivity contribution in [2.75, 3.05) is 17.3 Å². The summed E-state index contributed by atoms with van der Waals surface area (Å²) in [5, 5.41) is 18.5. The number of rotatable bonds is 8. The Hall–Kier alpha value is -2.79. The second-order valence-electron chi connectivity index (χ2n) is 9.32. The van der Waals surface area contributed by atoms with Crippen LogP contribution in [-0.4, -0.2) is 39.7 Å². The van der Waals surface area contributed by atoms with Crippen molar-refractivity contribution >= 4 is 51.2 Å². The minimum atomic E-state index is -0.0841. The number of aromatic nitrogens is 2. The SMILES string of the molecule is Cc1nnccc1NNC(=S)N[C@H]1CCc2sc(NC(=O)C3CC3)c(C(=O)NCC3CC3)c2C1. The Labute approximate surface area is 207 Å². The van der Waals surface area contributed by atoms with Crippen LogP contribution in [0.1, 0.15) is 58.6 Å². The fourth-order valence-corrected chi connectivity index (χ4v) is 5.58. The van der Waals surface area contributed by atoms with Crippen LogP contribution in [0.25, 0.3) is 0 Å². The second kappa shape index (κ2) is 9.83. The van der Waals surface area contributed by atoms with E-state index in [2.05, 4.69) is 37.0 Å². The minimum Gasteiger partial charge on any atom is -0.358 e. The molecule has 2 aromatic heterocycles. The topological polar surface area (TPSA) is 120 Å². The number of anilines is 2. The van der Waals surface area contributed by atoms with Crippen molar-refractivity contribution in [2.24, 2.45) is 11.8 Å². The van der Waals surface area contributed by atoms with Gasteiger partial charge in [-0.3, -0.25) is 20.4 Å². The highest BCUT2D eigenvalue weighted by Gasteiger charge is 2.34. The molecule has 0 spiro atoms. The number of carbonyl (C=O) groups excluding carboxylic acids is 2. The van der Waals surface area contributed by atoms with Gasteiger partial charge in [0.05, 0.1) is 23.1 Å². The summed E-state index contributed by atoms with van der Waals surface area (Å²) in [4.78, 5) is 26.8. The van der Waals surface area contributed by atoms with Gasteiger partial charge in [-0.15, -0.1) is 11.3 Å². The van der Waals surface area contributed by atoms with Gasteiger partial charge in [-0.2, -0.15) is 10.2 Å². The van der Waals surface area contributed by atoms with Crippen molar-refractivity contribution in [1.82, 2.24) is 26.3 Å². The van der Waals surface area contributed by atoms with Gasteiger partial charge in [0.1, 0.15) is 5.00 Å². The minimum absolute atomic E-state index is 0.0295. The molecular weight excluding hydrogens is 470 g/mol. The number of thiocarbonyl (C=S) groups is 1. The van der Waals surface area contributed by atoms with Gasteiger partial charge in [0.15, 0.2) is 5.11 Å². The lowest BCUT2D eigenvalue weighted by Gasteiger charge is -2.25. The lowest BCUT2D eigenvalue weighted by Crippen LogP contribution is -2.46.